The van der Waals surface area contributed by atoms with Crippen molar-refractivity contribution >= 4 is 23.5 Å². The van der Waals surface area contributed by atoms with E-state index in [-0.39, 0.29) is 11.7 Å². The van der Waals surface area contributed by atoms with Gasteiger partial charge in [0.15, 0.2) is 5.16 Å². The Labute approximate surface area is 205 Å². The maximum Gasteiger partial charge on any atom is 0.236 e. The number of hydrogen-bond donors (Lipinski definition) is 1. The van der Waals surface area contributed by atoms with Crippen molar-refractivity contribution in [1.82, 2.24) is 19.3 Å². The van der Waals surface area contributed by atoms with Crippen LogP contribution in [0.3, 0.4) is 0 Å². The second-order valence-electron chi connectivity index (χ2n) is 8.48. The molecule has 1 aliphatic rings. The predicted octanol–water partition coefficient (Wildman–Crippen LogP) is 4.95. The van der Waals surface area contributed by atoms with E-state index in [9.17, 15) is 14.4 Å². The molecule has 0 bridgehead atoms. The molecule has 4 aromatic rings. The number of halogens is 1. The van der Waals surface area contributed by atoms with Crippen molar-refractivity contribution in [3.05, 3.63) is 76.9 Å². The van der Waals surface area contributed by atoms with Crippen LogP contribution < -0.4 is 5.32 Å². The highest BCUT2D eigenvalue weighted by Crippen LogP contribution is 2.40. The zero-order valence-corrected chi connectivity index (χ0v) is 20.1. The lowest BCUT2D eigenvalue weighted by molar-refractivity contribution is -0.113. The molecular weight excluding hydrogens is 467 g/mol. The lowest BCUT2D eigenvalue weighted by Gasteiger charge is -2.13. The number of hydrogen-bond acceptors (Lipinski definition) is 6. The molecule has 3 aromatic heterocycles. The second-order valence-corrected chi connectivity index (χ2v) is 9.42. The van der Waals surface area contributed by atoms with E-state index in [1.54, 1.807) is 23.0 Å². The molecule has 0 saturated heterocycles. The molecule has 0 aliphatic heterocycles. The SMILES string of the molecule is Cc1c(C#N)c(NC(=O)CSc2nnc(C3CC3)n2Cc2ccco2)n(-c2cccc(F)c2)c1C. The Kier molecular flexibility index (Phi) is 6.17. The summed E-state index contributed by atoms with van der Waals surface area (Å²) in [5.74, 6) is 1.77. The van der Waals surface area contributed by atoms with Crippen molar-refractivity contribution in [3.8, 4) is 11.8 Å². The molecule has 10 heteroatoms. The first-order valence-electron chi connectivity index (χ1n) is 11.2. The van der Waals surface area contributed by atoms with Gasteiger partial charge >= 0.3 is 0 Å². The normalized spacial score (nSPS) is 13.1. The number of rotatable bonds is 8. The van der Waals surface area contributed by atoms with Crippen LogP contribution in [0.15, 0.2) is 52.2 Å². The van der Waals surface area contributed by atoms with E-state index in [1.165, 1.54) is 23.9 Å². The van der Waals surface area contributed by atoms with Crippen LogP contribution in [0, 0.1) is 31.0 Å². The fraction of sp³-hybridized carbons (Fsp3) is 0.280. The Morgan fingerprint density at radius 1 is 1.29 bits per heavy atom. The van der Waals surface area contributed by atoms with Crippen molar-refractivity contribution in [1.29, 1.82) is 5.26 Å². The Balaban J connectivity index is 1.37. The molecule has 5 rings (SSSR count). The summed E-state index contributed by atoms with van der Waals surface area (Å²) >= 11 is 1.27. The van der Waals surface area contributed by atoms with Crippen LogP contribution in [0.1, 0.15) is 47.2 Å². The number of thioether (sulfide) groups is 1. The number of nitrogens with one attached hydrogen (secondary N) is 1. The van der Waals surface area contributed by atoms with E-state index >= 15 is 0 Å². The smallest absolute Gasteiger partial charge is 0.236 e. The first kappa shape index (κ1) is 22.9. The molecule has 0 radical (unpaired) electrons. The zero-order valence-electron chi connectivity index (χ0n) is 19.3. The average molecular weight is 491 g/mol. The summed E-state index contributed by atoms with van der Waals surface area (Å²) in [6.45, 7) is 4.14. The predicted molar refractivity (Wildman–Crippen MR) is 129 cm³/mol. The van der Waals surface area contributed by atoms with Crippen LogP contribution in [0.5, 0.6) is 0 Å². The minimum atomic E-state index is -0.401. The molecule has 8 nitrogen and oxygen atoms in total. The third-order valence-electron chi connectivity index (χ3n) is 6.06. The molecule has 1 fully saturated rings. The number of benzene rings is 1. The van der Waals surface area contributed by atoms with Gasteiger partial charge < -0.3 is 9.73 Å². The summed E-state index contributed by atoms with van der Waals surface area (Å²) in [4.78, 5) is 13.0. The standard InChI is InChI=1S/C25H23FN6O2S/c1-15-16(2)32(19-6-3-5-18(26)11-19)24(21(15)12-27)28-22(33)14-35-25-30-29-23(17-8-9-17)31(25)13-20-7-4-10-34-20/h3-7,10-11,17H,8-9,13-14H2,1-2H3,(H,28,33). The maximum atomic E-state index is 13.9. The molecule has 1 N–H and O–H groups in total. The molecule has 0 atom stereocenters. The van der Waals surface area contributed by atoms with Gasteiger partial charge in [0.1, 0.15) is 29.3 Å². The molecule has 1 aromatic carbocycles. The summed E-state index contributed by atoms with van der Waals surface area (Å²) in [6, 6.07) is 12.0. The fourth-order valence-electron chi connectivity index (χ4n) is 4.05. The highest BCUT2D eigenvalue weighted by Gasteiger charge is 2.31. The van der Waals surface area contributed by atoms with Gasteiger partial charge in [-0.25, -0.2) is 4.39 Å². The Morgan fingerprint density at radius 2 is 2.11 bits per heavy atom. The number of nitrogens with zero attached hydrogens (tertiary/aromatic N) is 5. The van der Waals surface area contributed by atoms with Gasteiger partial charge in [0.2, 0.25) is 5.91 Å². The summed E-state index contributed by atoms with van der Waals surface area (Å²) in [7, 11) is 0. The van der Waals surface area contributed by atoms with Crippen LogP contribution in [0.4, 0.5) is 10.2 Å². The topological polar surface area (TPSA) is 102 Å². The highest BCUT2D eigenvalue weighted by molar-refractivity contribution is 7.99. The quantitative estimate of drug-likeness (QED) is 0.351. The third kappa shape index (κ3) is 4.59. The summed E-state index contributed by atoms with van der Waals surface area (Å²) < 4.78 is 23.1. The molecule has 35 heavy (non-hydrogen) atoms. The van der Waals surface area contributed by atoms with Crippen LogP contribution in [0.25, 0.3) is 5.69 Å². The molecule has 178 valence electrons. The monoisotopic (exact) mass is 490 g/mol. The van der Waals surface area contributed by atoms with E-state index in [1.807, 2.05) is 30.5 Å². The molecule has 0 spiro atoms. The Morgan fingerprint density at radius 3 is 2.80 bits per heavy atom. The van der Waals surface area contributed by atoms with Crippen molar-refractivity contribution in [2.75, 3.05) is 11.1 Å². The van der Waals surface area contributed by atoms with E-state index < -0.39 is 5.82 Å². The van der Waals surface area contributed by atoms with E-state index in [4.69, 9.17) is 4.42 Å². The van der Waals surface area contributed by atoms with Gasteiger partial charge in [0.05, 0.1) is 29.8 Å². The number of carbonyl (C=O) groups excluding carboxylic acids is 1. The van der Waals surface area contributed by atoms with Crippen LogP contribution >= 0.6 is 11.8 Å². The highest BCUT2D eigenvalue weighted by atomic mass is 32.2. The molecule has 0 unspecified atom stereocenters. The number of furan rings is 1. The van der Waals surface area contributed by atoms with E-state index in [0.717, 1.165) is 35.7 Å². The number of carbonyl (C=O) groups is 1. The van der Waals surface area contributed by atoms with Gasteiger partial charge in [-0.05, 0) is 62.6 Å². The third-order valence-corrected chi connectivity index (χ3v) is 7.03. The van der Waals surface area contributed by atoms with E-state index in [2.05, 4.69) is 21.6 Å². The van der Waals surface area contributed by atoms with Crippen LogP contribution in [-0.2, 0) is 11.3 Å². The maximum absolute atomic E-state index is 13.9. The van der Waals surface area contributed by atoms with Gasteiger partial charge in [0, 0.05) is 11.6 Å². The zero-order chi connectivity index (χ0) is 24.5. The van der Waals surface area contributed by atoms with E-state index in [0.29, 0.717) is 34.7 Å². The van der Waals surface area contributed by atoms with Crippen molar-refractivity contribution < 1.29 is 13.6 Å². The van der Waals surface area contributed by atoms with Crippen molar-refractivity contribution in [2.45, 2.75) is 44.3 Å². The van der Waals surface area contributed by atoms with Gasteiger partial charge in [-0.15, -0.1) is 10.2 Å². The van der Waals surface area contributed by atoms with Crippen LogP contribution in [0.2, 0.25) is 0 Å². The number of aromatic nitrogens is 4. The molecule has 1 amide bonds. The van der Waals surface area contributed by atoms with Gasteiger partial charge in [-0.2, -0.15) is 5.26 Å². The minimum Gasteiger partial charge on any atom is -0.467 e. The Hall–Kier alpha value is -3.84. The number of amides is 1. The molecular formula is C25H23FN6O2S. The summed E-state index contributed by atoms with van der Waals surface area (Å²) in [5.41, 5.74) is 2.36. The largest absolute Gasteiger partial charge is 0.467 e. The second kappa shape index (κ2) is 9.43. The van der Waals surface area contributed by atoms with Crippen molar-refractivity contribution in [3.63, 3.8) is 0 Å². The fourth-order valence-corrected chi connectivity index (χ4v) is 4.80. The van der Waals surface area contributed by atoms with Gasteiger partial charge in [-0.3, -0.25) is 13.9 Å². The lowest BCUT2D eigenvalue weighted by atomic mass is 10.2. The Bertz CT molecular complexity index is 1430. The summed E-state index contributed by atoms with van der Waals surface area (Å²) in [5, 5.41) is 21.9. The van der Waals surface area contributed by atoms with Crippen LogP contribution in [-0.4, -0.2) is 31.0 Å². The van der Waals surface area contributed by atoms with Gasteiger partial charge in [0.25, 0.3) is 0 Å². The minimum absolute atomic E-state index is 0.0677. The number of anilines is 1. The molecule has 3 heterocycles. The van der Waals surface area contributed by atoms with Gasteiger partial charge in [-0.1, -0.05) is 17.8 Å². The molecule has 1 saturated carbocycles. The molecule has 1 aliphatic carbocycles. The van der Waals surface area contributed by atoms with Crippen molar-refractivity contribution in [2.24, 2.45) is 0 Å². The first-order chi connectivity index (χ1) is 17.0. The first-order valence-corrected chi connectivity index (χ1v) is 12.2. The lowest BCUT2D eigenvalue weighted by Crippen LogP contribution is -2.18. The number of nitriles is 1. The average Bonchev–Trinajstić information content (AvgIpc) is 3.31. The summed E-state index contributed by atoms with van der Waals surface area (Å²) in [6.07, 6.45) is 3.78.